The van der Waals surface area contributed by atoms with E-state index in [-0.39, 0.29) is 5.25 Å². The summed E-state index contributed by atoms with van der Waals surface area (Å²) < 4.78 is 0. The summed E-state index contributed by atoms with van der Waals surface area (Å²) in [6.45, 7) is 27.4. The van der Waals surface area contributed by atoms with Gasteiger partial charge in [0.25, 0.3) is 0 Å². The number of hydrogen-bond donors (Lipinski definition) is 0. The van der Waals surface area contributed by atoms with Crippen LogP contribution < -0.4 is 0 Å². The zero-order valence-corrected chi connectivity index (χ0v) is 22.3. The number of hydrogen-bond acceptors (Lipinski definition) is 1. The van der Waals surface area contributed by atoms with Crippen molar-refractivity contribution in [3.05, 3.63) is 71.8 Å². The van der Waals surface area contributed by atoms with Crippen LogP contribution in [0.3, 0.4) is 0 Å². The van der Waals surface area contributed by atoms with E-state index in [4.69, 9.17) is 0 Å². The molecule has 10 radical (unpaired) electrons. The van der Waals surface area contributed by atoms with Gasteiger partial charge in [0, 0.05) is 0 Å². The van der Waals surface area contributed by atoms with Gasteiger partial charge in [-0.15, -0.1) is 17.9 Å². The molecular formula is C24H37ClSTi. The molecule has 3 heteroatoms. The first-order chi connectivity index (χ1) is 12.4. The molecule has 2 rings (SSSR count). The van der Waals surface area contributed by atoms with E-state index in [1.165, 1.54) is 78.6 Å². The van der Waals surface area contributed by atoms with Crippen LogP contribution in [0.1, 0.15) is 76.2 Å². The topological polar surface area (TPSA) is 0 Å². The number of halogens is 1. The van der Waals surface area contributed by atoms with E-state index >= 15 is 0 Å². The van der Waals surface area contributed by atoms with Crippen molar-refractivity contribution in [2.45, 2.75) is 81.4 Å². The van der Waals surface area contributed by atoms with Gasteiger partial charge < -0.3 is 12.6 Å². The second-order valence-corrected chi connectivity index (χ2v) is 7.93. The molecule has 0 saturated heterocycles. The summed E-state index contributed by atoms with van der Waals surface area (Å²) in [7, 11) is 4.64. The SMILES string of the molecule is C=CC(C)[S-].C[C]1[C](C)[C](C)[C](C)[C]1C.C[C]1[C](C)[C](C)[C](C)[C]1C.[Cl][Ti+]. The van der Waals surface area contributed by atoms with E-state index in [0.717, 1.165) is 0 Å². The standard InChI is InChI=1S/2C10H15.C4H8S.ClH.Ti/c2*1-6-7(2)9(4)10(5)8(6)3;1-3-4(2)5;;/h2*1-5H3;3-5H,1H2,2H3;1H;/q;;;;+2/p-2. The van der Waals surface area contributed by atoms with Crippen molar-refractivity contribution in [3.63, 3.8) is 0 Å². The van der Waals surface area contributed by atoms with Gasteiger partial charge >= 0.3 is 28.7 Å². The van der Waals surface area contributed by atoms with Crippen LogP contribution >= 0.6 is 9.30 Å². The van der Waals surface area contributed by atoms with Crippen LogP contribution in [0, 0.1) is 59.2 Å². The van der Waals surface area contributed by atoms with Crippen molar-refractivity contribution < 1.29 is 19.4 Å². The van der Waals surface area contributed by atoms with Gasteiger partial charge in [0.05, 0.1) is 0 Å². The molecule has 0 spiro atoms. The van der Waals surface area contributed by atoms with Crippen LogP contribution in [0.15, 0.2) is 12.7 Å². The summed E-state index contributed by atoms with van der Waals surface area (Å²) >= 11 is 6.13. The Balaban J connectivity index is 0. The van der Waals surface area contributed by atoms with Crippen molar-refractivity contribution in [2.24, 2.45) is 0 Å². The van der Waals surface area contributed by atoms with Gasteiger partial charge in [-0.25, -0.2) is 0 Å². The van der Waals surface area contributed by atoms with Crippen LogP contribution in [0.2, 0.25) is 0 Å². The Morgan fingerprint density at radius 3 is 0.704 bits per heavy atom. The molecule has 0 aromatic heterocycles. The van der Waals surface area contributed by atoms with Crippen molar-refractivity contribution in [1.82, 2.24) is 0 Å². The summed E-state index contributed by atoms with van der Waals surface area (Å²) in [6.07, 6.45) is 1.73. The fourth-order valence-electron chi connectivity index (χ4n) is 2.81. The molecule has 0 heterocycles. The summed E-state index contributed by atoms with van der Waals surface area (Å²) in [5, 5.41) is 0.231. The molecule has 27 heavy (non-hydrogen) atoms. The molecule has 2 fully saturated rings. The van der Waals surface area contributed by atoms with Crippen molar-refractivity contribution in [2.75, 3.05) is 0 Å². The molecule has 2 saturated carbocycles. The zero-order chi connectivity index (χ0) is 22.1. The second-order valence-electron chi connectivity index (χ2n) is 7.19. The third kappa shape index (κ3) is 9.19. The molecule has 0 aromatic rings. The molecule has 0 N–H and O–H groups in total. The van der Waals surface area contributed by atoms with Gasteiger partial charge in [-0.3, -0.25) is 0 Å². The first-order valence-corrected chi connectivity index (χ1v) is 11.9. The molecular weight excluding hydrogens is 404 g/mol. The maximum atomic E-state index is 4.66. The monoisotopic (exact) mass is 440 g/mol. The Labute approximate surface area is 193 Å². The van der Waals surface area contributed by atoms with Crippen LogP contribution in [-0.2, 0) is 32.0 Å². The Morgan fingerprint density at radius 2 is 0.667 bits per heavy atom. The van der Waals surface area contributed by atoms with E-state index in [0.29, 0.717) is 0 Å². The molecule has 0 bridgehead atoms. The normalized spacial score (nSPS) is 23.9. The van der Waals surface area contributed by atoms with E-state index in [2.05, 4.69) is 97.8 Å². The van der Waals surface area contributed by atoms with Gasteiger partial charge in [-0.1, -0.05) is 76.2 Å². The maximum absolute atomic E-state index is 4.66. The summed E-state index contributed by atoms with van der Waals surface area (Å²) in [6, 6.07) is 0. The van der Waals surface area contributed by atoms with Crippen LogP contribution in [0.25, 0.3) is 0 Å². The first-order valence-electron chi connectivity index (χ1n) is 9.24. The predicted molar refractivity (Wildman–Crippen MR) is 122 cm³/mol. The molecule has 0 aromatic carbocycles. The van der Waals surface area contributed by atoms with Crippen LogP contribution in [0.5, 0.6) is 0 Å². The summed E-state index contributed by atoms with van der Waals surface area (Å²) in [5.41, 5.74) is 0. The van der Waals surface area contributed by atoms with Gasteiger partial charge in [0.15, 0.2) is 0 Å². The molecule has 1 unspecified atom stereocenters. The fraction of sp³-hybridized carbons (Fsp3) is 0.500. The molecule has 1 atom stereocenters. The molecule has 150 valence electrons. The Morgan fingerprint density at radius 1 is 0.593 bits per heavy atom. The Bertz CT molecular complexity index is 267. The van der Waals surface area contributed by atoms with Gasteiger partial charge in [-0.05, 0) is 59.2 Å². The van der Waals surface area contributed by atoms with Gasteiger partial charge in [0.2, 0.25) is 0 Å². The Kier molecular flexibility index (Phi) is 16.8. The van der Waals surface area contributed by atoms with E-state index < -0.39 is 0 Å². The van der Waals surface area contributed by atoms with E-state index in [1.54, 1.807) is 6.08 Å². The first kappa shape index (κ1) is 30.3. The zero-order valence-electron chi connectivity index (χ0n) is 19.1. The minimum atomic E-state index is 0.231. The van der Waals surface area contributed by atoms with Crippen molar-refractivity contribution >= 4 is 21.9 Å². The van der Waals surface area contributed by atoms with Crippen molar-refractivity contribution in [3.8, 4) is 0 Å². The average Bonchev–Trinajstić information content (AvgIpc) is 2.94. The van der Waals surface area contributed by atoms with E-state index in [1.807, 2.05) is 6.92 Å². The molecule has 2 aliphatic carbocycles. The predicted octanol–water partition coefficient (Wildman–Crippen LogP) is 7.74. The third-order valence-corrected chi connectivity index (χ3v) is 6.15. The van der Waals surface area contributed by atoms with Gasteiger partial charge in [-0.2, -0.15) is 0 Å². The van der Waals surface area contributed by atoms with Crippen LogP contribution in [0.4, 0.5) is 0 Å². The van der Waals surface area contributed by atoms with Gasteiger partial charge in [0.1, 0.15) is 0 Å². The average molecular weight is 441 g/mol. The second kappa shape index (κ2) is 15.0. The molecule has 2 aliphatic rings. The molecule has 0 nitrogen and oxygen atoms in total. The molecule has 0 aliphatic heterocycles. The molecule has 0 amide bonds. The Hall–Kier alpha value is 1.09. The minimum absolute atomic E-state index is 0.231. The quantitative estimate of drug-likeness (QED) is 0.228. The van der Waals surface area contributed by atoms with Crippen molar-refractivity contribution in [1.29, 1.82) is 0 Å². The summed E-state index contributed by atoms with van der Waals surface area (Å²) in [5.74, 6) is 14.7. The van der Waals surface area contributed by atoms with E-state index in [9.17, 15) is 0 Å². The number of rotatable bonds is 1. The summed E-state index contributed by atoms with van der Waals surface area (Å²) in [4.78, 5) is 0. The third-order valence-electron chi connectivity index (χ3n) is 5.96. The fourth-order valence-corrected chi connectivity index (χ4v) is 2.81. The van der Waals surface area contributed by atoms with Crippen LogP contribution in [-0.4, -0.2) is 5.25 Å².